The smallest absolute Gasteiger partial charge is 0.256 e. The van der Waals surface area contributed by atoms with Crippen LogP contribution >= 0.6 is 0 Å². The lowest BCUT2D eigenvalue weighted by atomic mass is 10.1. The first-order valence-electron chi connectivity index (χ1n) is 11.9. The molecule has 0 bridgehead atoms. The van der Waals surface area contributed by atoms with E-state index in [0.29, 0.717) is 23.4 Å². The first kappa shape index (κ1) is 24.1. The number of pyridine rings is 1. The Morgan fingerprint density at radius 3 is 2.40 bits per heavy atom. The number of hydrogen-bond acceptors (Lipinski definition) is 4. The third-order valence-corrected chi connectivity index (χ3v) is 6.20. The van der Waals surface area contributed by atoms with E-state index in [2.05, 4.69) is 29.7 Å². The second kappa shape index (κ2) is 10.9. The molecule has 35 heavy (non-hydrogen) atoms. The van der Waals surface area contributed by atoms with Crippen LogP contribution in [0.25, 0.3) is 10.9 Å². The van der Waals surface area contributed by atoms with Crippen LogP contribution in [-0.2, 0) is 30.7 Å². The summed E-state index contributed by atoms with van der Waals surface area (Å²) in [6, 6.07) is 23.3. The Hall–Kier alpha value is -4.06. The first-order chi connectivity index (χ1) is 17.0. The summed E-state index contributed by atoms with van der Waals surface area (Å²) in [5.41, 5.74) is 5.05. The number of para-hydroxylation sites is 1. The number of carbonyl (C=O) groups excluding carboxylic acids is 1. The predicted octanol–water partition coefficient (Wildman–Crippen LogP) is 5.39. The Morgan fingerprint density at radius 2 is 1.69 bits per heavy atom. The lowest BCUT2D eigenvalue weighted by Gasteiger charge is -2.16. The van der Waals surface area contributed by atoms with Crippen molar-refractivity contribution in [2.75, 3.05) is 17.7 Å². The molecule has 6 nitrogen and oxygen atoms in total. The Bertz CT molecular complexity index is 1390. The number of ether oxygens (including phenoxy) is 1. The van der Waals surface area contributed by atoms with E-state index in [1.54, 1.807) is 13.2 Å². The first-order valence-corrected chi connectivity index (χ1v) is 11.9. The fourth-order valence-corrected chi connectivity index (χ4v) is 4.16. The van der Waals surface area contributed by atoms with Crippen molar-refractivity contribution in [3.05, 3.63) is 99.8 Å². The van der Waals surface area contributed by atoms with Gasteiger partial charge >= 0.3 is 0 Å². The predicted molar refractivity (Wildman–Crippen MR) is 142 cm³/mol. The van der Waals surface area contributed by atoms with Gasteiger partial charge in [-0.15, -0.1) is 0 Å². The number of carbonyl (C=O) groups is 1. The number of amides is 1. The maximum absolute atomic E-state index is 13.5. The summed E-state index contributed by atoms with van der Waals surface area (Å²) in [6.07, 6.45) is 1.78. The number of nitrogens with zero attached hydrogens (tertiary/aromatic N) is 1. The van der Waals surface area contributed by atoms with Crippen molar-refractivity contribution in [2.45, 2.75) is 39.8 Å². The normalized spacial score (nSPS) is 10.8. The molecule has 2 N–H and O–H groups in total. The molecule has 4 rings (SSSR count). The molecule has 0 unspecified atom stereocenters. The van der Waals surface area contributed by atoms with E-state index in [9.17, 15) is 9.59 Å². The van der Waals surface area contributed by atoms with Crippen LogP contribution in [0.15, 0.2) is 77.6 Å². The molecule has 0 aliphatic heterocycles. The lowest BCUT2D eigenvalue weighted by Crippen LogP contribution is -2.31. The Labute approximate surface area is 205 Å². The van der Waals surface area contributed by atoms with Gasteiger partial charge < -0.3 is 15.4 Å². The fraction of sp³-hybridized carbons (Fsp3) is 0.241. The quantitative estimate of drug-likeness (QED) is 0.345. The summed E-state index contributed by atoms with van der Waals surface area (Å²) in [7, 11) is 1.58. The van der Waals surface area contributed by atoms with Crippen molar-refractivity contribution in [1.29, 1.82) is 0 Å². The minimum absolute atomic E-state index is 0.0976. The third-order valence-electron chi connectivity index (χ3n) is 6.20. The number of nitrogens with one attached hydrogen (secondary N) is 2. The van der Waals surface area contributed by atoms with Crippen LogP contribution in [0.5, 0.6) is 5.75 Å². The molecule has 6 heteroatoms. The lowest BCUT2D eigenvalue weighted by molar-refractivity contribution is -0.116. The van der Waals surface area contributed by atoms with E-state index < -0.39 is 0 Å². The van der Waals surface area contributed by atoms with Crippen LogP contribution < -0.4 is 20.9 Å². The summed E-state index contributed by atoms with van der Waals surface area (Å²) in [6.45, 7) is 4.42. The summed E-state index contributed by atoms with van der Waals surface area (Å²) < 4.78 is 6.90. The highest BCUT2D eigenvalue weighted by Gasteiger charge is 2.14. The number of aromatic nitrogens is 1. The molecule has 1 aromatic heterocycles. The van der Waals surface area contributed by atoms with Crippen LogP contribution in [-0.4, -0.2) is 17.6 Å². The van der Waals surface area contributed by atoms with Crippen LogP contribution in [0.2, 0.25) is 0 Å². The highest BCUT2D eigenvalue weighted by Crippen LogP contribution is 2.22. The maximum Gasteiger partial charge on any atom is 0.256 e. The number of anilines is 2. The zero-order valence-corrected chi connectivity index (χ0v) is 20.4. The van der Waals surface area contributed by atoms with Gasteiger partial charge in [0.1, 0.15) is 12.3 Å². The largest absolute Gasteiger partial charge is 0.497 e. The van der Waals surface area contributed by atoms with Gasteiger partial charge in [-0.2, -0.15) is 0 Å². The molecular formula is C29H31N3O3. The number of benzene rings is 3. The minimum Gasteiger partial charge on any atom is -0.497 e. The zero-order chi connectivity index (χ0) is 24.8. The van der Waals surface area contributed by atoms with E-state index >= 15 is 0 Å². The molecule has 180 valence electrons. The standard InChI is InChI=1S/C29H31N3O3/c1-4-20-10-13-24(14-11-20)30-18-23-16-22-12-15-25(35-3)17-27(22)32(29(23)34)19-28(33)31-26-9-7-6-8-21(26)5-2/h6-17,30H,4-5,18-19H2,1-3H3,(H,31,33). The molecule has 0 radical (unpaired) electrons. The van der Waals surface area contributed by atoms with Gasteiger partial charge in [-0.05, 0) is 65.8 Å². The summed E-state index contributed by atoms with van der Waals surface area (Å²) in [5, 5.41) is 7.18. The van der Waals surface area contributed by atoms with E-state index in [-0.39, 0.29) is 18.0 Å². The SMILES string of the molecule is CCc1ccc(NCc2cc3ccc(OC)cc3n(CC(=O)Nc3ccccc3CC)c2=O)cc1. The highest BCUT2D eigenvalue weighted by molar-refractivity contribution is 5.92. The van der Waals surface area contributed by atoms with Gasteiger partial charge in [-0.25, -0.2) is 0 Å². The summed E-state index contributed by atoms with van der Waals surface area (Å²) >= 11 is 0. The molecule has 0 fully saturated rings. The molecule has 0 atom stereocenters. The zero-order valence-electron chi connectivity index (χ0n) is 20.4. The molecule has 0 aliphatic rings. The van der Waals surface area contributed by atoms with E-state index in [4.69, 9.17) is 4.74 Å². The maximum atomic E-state index is 13.5. The fourth-order valence-electron chi connectivity index (χ4n) is 4.16. The van der Waals surface area contributed by atoms with Crippen LogP contribution in [0.4, 0.5) is 11.4 Å². The van der Waals surface area contributed by atoms with Crippen molar-refractivity contribution in [1.82, 2.24) is 4.57 Å². The molecule has 0 spiro atoms. The monoisotopic (exact) mass is 469 g/mol. The molecule has 0 saturated heterocycles. The van der Waals surface area contributed by atoms with Gasteiger partial charge in [0.15, 0.2) is 0 Å². The number of fused-ring (bicyclic) bond motifs is 1. The average molecular weight is 470 g/mol. The van der Waals surface area contributed by atoms with Gasteiger partial charge in [0.25, 0.3) is 5.56 Å². The van der Waals surface area contributed by atoms with Crippen molar-refractivity contribution in [2.24, 2.45) is 0 Å². The van der Waals surface area contributed by atoms with Gasteiger partial charge in [-0.3, -0.25) is 14.2 Å². The van der Waals surface area contributed by atoms with E-state index in [0.717, 1.165) is 35.2 Å². The van der Waals surface area contributed by atoms with E-state index in [1.807, 2.05) is 61.5 Å². The molecule has 4 aromatic rings. The Morgan fingerprint density at radius 1 is 0.914 bits per heavy atom. The average Bonchev–Trinajstić information content (AvgIpc) is 2.89. The molecule has 0 saturated carbocycles. The highest BCUT2D eigenvalue weighted by atomic mass is 16.5. The summed E-state index contributed by atoms with van der Waals surface area (Å²) in [4.78, 5) is 26.6. The number of hydrogen-bond donors (Lipinski definition) is 2. The molecular weight excluding hydrogens is 438 g/mol. The third kappa shape index (κ3) is 5.54. The van der Waals surface area contributed by atoms with Crippen LogP contribution in [0.3, 0.4) is 0 Å². The second-order valence-corrected chi connectivity index (χ2v) is 8.45. The Balaban J connectivity index is 1.66. The van der Waals surface area contributed by atoms with Crippen molar-refractivity contribution in [3.63, 3.8) is 0 Å². The second-order valence-electron chi connectivity index (χ2n) is 8.45. The molecule has 3 aromatic carbocycles. The van der Waals surface area contributed by atoms with Crippen LogP contribution in [0, 0.1) is 0 Å². The van der Waals surface area contributed by atoms with Crippen molar-refractivity contribution >= 4 is 28.2 Å². The van der Waals surface area contributed by atoms with Gasteiger partial charge in [0.05, 0.1) is 12.6 Å². The van der Waals surface area contributed by atoms with Gasteiger partial charge in [0.2, 0.25) is 5.91 Å². The van der Waals surface area contributed by atoms with Crippen LogP contribution in [0.1, 0.15) is 30.5 Å². The van der Waals surface area contributed by atoms with Crippen molar-refractivity contribution in [3.8, 4) is 5.75 Å². The number of methoxy groups -OCH3 is 1. The summed E-state index contributed by atoms with van der Waals surface area (Å²) in [5.74, 6) is 0.377. The van der Waals surface area contributed by atoms with Gasteiger partial charge in [-0.1, -0.05) is 44.2 Å². The topological polar surface area (TPSA) is 72.4 Å². The van der Waals surface area contributed by atoms with Gasteiger partial charge in [0, 0.05) is 29.5 Å². The molecule has 1 heterocycles. The molecule has 1 amide bonds. The van der Waals surface area contributed by atoms with E-state index in [1.165, 1.54) is 10.1 Å². The van der Waals surface area contributed by atoms with Crippen molar-refractivity contribution < 1.29 is 9.53 Å². The Kier molecular flexibility index (Phi) is 7.51. The number of aryl methyl sites for hydroxylation is 2. The molecule has 0 aliphatic carbocycles. The minimum atomic E-state index is -0.252. The number of rotatable bonds is 9.